The number of hydrogen-bond donors (Lipinski definition) is 1. The van der Waals surface area contributed by atoms with E-state index >= 15 is 0 Å². The summed E-state index contributed by atoms with van der Waals surface area (Å²) in [6, 6.07) is 21.6. The topological polar surface area (TPSA) is 90.4 Å². The smallest absolute Gasteiger partial charge is 0.253 e. The molecule has 1 unspecified atom stereocenters. The number of ether oxygens (including phenoxy) is 1. The van der Waals surface area contributed by atoms with Crippen molar-refractivity contribution in [2.45, 2.75) is 44.1 Å². The van der Waals surface area contributed by atoms with Crippen LogP contribution in [0.4, 0.5) is 11.4 Å². The van der Waals surface area contributed by atoms with Crippen LogP contribution in [-0.2, 0) is 19.1 Å². The molecule has 8 heteroatoms. The molecule has 1 spiro atoms. The highest BCUT2D eigenvalue weighted by Gasteiger charge is 2.72. The fourth-order valence-corrected chi connectivity index (χ4v) is 7.66. The number of benzene rings is 3. The van der Waals surface area contributed by atoms with Crippen LogP contribution in [0.5, 0.6) is 0 Å². The summed E-state index contributed by atoms with van der Waals surface area (Å²) in [4.78, 5) is 48.9. The van der Waals surface area contributed by atoms with E-state index in [1.807, 2.05) is 111 Å². The Bertz CT molecular complexity index is 1670. The van der Waals surface area contributed by atoms with Gasteiger partial charge >= 0.3 is 0 Å². The van der Waals surface area contributed by atoms with Gasteiger partial charge in [0, 0.05) is 24.5 Å². The summed E-state index contributed by atoms with van der Waals surface area (Å²) < 4.78 is 6.82. The quantitative estimate of drug-likeness (QED) is 0.431. The van der Waals surface area contributed by atoms with Crippen LogP contribution >= 0.6 is 0 Å². The molecule has 7 atom stereocenters. The van der Waals surface area contributed by atoms with Crippen molar-refractivity contribution >= 4 is 39.9 Å². The maximum atomic E-state index is 14.8. The Morgan fingerprint density at radius 2 is 1.57 bits per heavy atom. The van der Waals surface area contributed by atoms with Gasteiger partial charge in [-0.2, -0.15) is 0 Å². The van der Waals surface area contributed by atoms with Crippen LogP contribution in [0.15, 0.2) is 97.1 Å². The Morgan fingerprint density at radius 3 is 2.32 bits per heavy atom. The minimum atomic E-state index is -1.37. The minimum Gasteiger partial charge on any atom is -0.394 e. The summed E-state index contributed by atoms with van der Waals surface area (Å²) in [6.07, 6.45) is 7.55. The van der Waals surface area contributed by atoms with Gasteiger partial charge in [0.2, 0.25) is 11.8 Å². The van der Waals surface area contributed by atoms with Crippen LogP contribution in [0.2, 0.25) is 0 Å². The van der Waals surface area contributed by atoms with Gasteiger partial charge < -0.3 is 24.5 Å². The van der Waals surface area contributed by atoms with Gasteiger partial charge in [0.25, 0.3) is 5.91 Å². The SMILES string of the molecule is CC[C@H](C)[C@H](CO)N1C(=O)[C@@H]2[C@H]3C(=O)N(c4ccccc4)CC=C[C@H]3O[C@@]23C=CCN(c2ccc4ccccc4c2)C(=O)C13. The molecule has 3 aromatic rings. The molecule has 2 saturated heterocycles. The Hall–Kier alpha value is -4.27. The number of rotatable bonds is 6. The molecule has 4 aliphatic rings. The lowest BCUT2D eigenvalue weighted by Crippen LogP contribution is -2.59. The molecule has 3 aromatic carbocycles. The number of anilines is 2. The van der Waals surface area contributed by atoms with E-state index in [9.17, 15) is 19.5 Å². The van der Waals surface area contributed by atoms with Crippen molar-refractivity contribution in [2.75, 3.05) is 29.5 Å². The molecule has 44 heavy (non-hydrogen) atoms. The number of likely N-dealkylation sites (tertiary alicyclic amines) is 1. The van der Waals surface area contributed by atoms with Crippen molar-refractivity contribution in [3.63, 3.8) is 0 Å². The first-order valence-corrected chi connectivity index (χ1v) is 15.5. The third-order valence-electron chi connectivity index (χ3n) is 10.1. The molecular formula is C36H37N3O5. The average molecular weight is 592 g/mol. The fraction of sp³-hybridized carbons (Fsp3) is 0.361. The van der Waals surface area contributed by atoms with Crippen molar-refractivity contribution in [3.05, 3.63) is 97.1 Å². The van der Waals surface area contributed by atoms with Gasteiger partial charge in [-0.3, -0.25) is 14.4 Å². The van der Waals surface area contributed by atoms with E-state index in [0.717, 1.165) is 16.5 Å². The number of fused-ring (bicyclic) bond motifs is 3. The molecule has 8 nitrogen and oxygen atoms in total. The third kappa shape index (κ3) is 4.23. The second-order valence-corrected chi connectivity index (χ2v) is 12.3. The van der Waals surface area contributed by atoms with Crippen molar-refractivity contribution in [1.82, 2.24) is 4.90 Å². The lowest BCUT2D eigenvalue weighted by molar-refractivity contribution is -0.145. The molecule has 226 valence electrons. The zero-order valence-electron chi connectivity index (χ0n) is 25.0. The van der Waals surface area contributed by atoms with Crippen LogP contribution in [0, 0.1) is 17.8 Å². The molecule has 7 rings (SSSR count). The van der Waals surface area contributed by atoms with E-state index in [2.05, 4.69) is 0 Å². The van der Waals surface area contributed by atoms with Gasteiger partial charge in [0.15, 0.2) is 0 Å². The molecule has 0 bridgehead atoms. The summed E-state index contributed by atoms with van der Waals surface area (Å²) in [5.41, 5.74) is 0.0922. The predicted octanol–water partition coefficient (Wildman–Crippen LogP) is 4.33. The number of amides is 3. The highest BCUT2D eigenvalue weighted by atomic mass is 16.5. The number of aliphatic hydroxyl groups is 1. The molecular weight excluding hydrogens is 554 g/mol. The summed E-state index contributed by atoms with van der Waals surface area (Å²) in [7, 11) is 0. The molecule has 0 radical (unpaired) electrons. The van der Waals surface area contributed by atoms with Crippen LogP contribution in [-0.4, -0.2) is 71.2 Å². The lowest BCUT2D eigenvalue weighted by Gasteiger charge is -2.40. The van der Waals surface area contributed by atoms with E-state index in [4.69, 9.17) is 4.74 Å². The summed E-state index contributed by atoms with van der Waals surface area (Å²) in [5.74, 6) is -2.64. The first-order valence-electron chi connectivity index (χ1n) is 15.5. The Balaban J connectivity index is 1.35. The molecule has 0 aliphatic carbocycles. The van der Waals surface area contributed by atoms with Crippen molar-refractivity contribution < 1.29 is 24.2 Å². The van der Waals surface area contributed by atoms with Crippen LogP contribution < -0.4 is 9.80 Å². The summed E-state index contributed by atoms with van der Waals surface area (Å²) >= 11 is 0. The number of hydrogen-bond acceptors (Lipinski definition) is 5. The Labute approximate surface area is 257 Å². The second-order valence-electron chi connectivity index (χ2n) is 12.3. The highest BCUT2D eigenvalue weighted by molar-refractivity contribution is 6.08. The Morgan fingerprint density at radius 1 is 0.864 bits per heavy atom. The van der Waals surface area contributed by atoms with E-state index in [1.54, 1.807) is 14.7 Å². The van der Waals surface area contributed by atoms with Crippen molar-refractivity contribution in [3.8, 4) is 0 Å². The minimum absolute atomic E-state index is 0.0877. The largest absolute Gasteiger partial charge is 0.394 e. The predicted molar refractivity (Wildman–Crippen MR) is 169 cm³/mol. The molecule has 0 aromatic heterocycles. The van der Waals surface area contributed by atoms with E-state index in [1.165, 1.54) is 0 Å². The molecule has 2 fully saturated rings. The highest BCUT2D eigenvalue weighted by Crippen LogP contribution is 2.54. The van der Waals surface area contributed by atoms with E-state index in [-0.39, 0.29) is 36.8 Å². The van der Waals surface area contributed by atoms with Gasteiger partial charge in [-0.1, -0.05) is 93.1 Å². The first-order chi connectivity index (χ1) is 21.4. The Kier molecular flexibility index (Phi) is 7.14. The fourth-order valence-electron chi connectivity index (χ4n) is 7.66. The lowest BCUT2D eigenvalue weighted by atomic mass is 9.77. The van der Waals surface area contributed by atoms with E-state index in [0.29, 0.717) is 18.7 Å². The monoisotopic (exact) mass is 591 g/mol. The van der Waals surface area contributed by atoms with Crippen LogP contribution in [0.25, 0.3) is 10.8 Å². The number of carbonyl (C=O) groups excluding carboxylic acids is 3. The molecule has 4 heterocycles. The maximum Gasteiger partial charge on any atom is 0.253 e. The van der Waals surface area contributed by atoms with Gasteiger partial charge in [0.05, 0.1) is 30.6 Å². The molecule has 1 N–H and O–H groups in total. The molecule has 0 saturated carbocycles. The molecule has 3 amide bonds. The van der Waals surface area contributed by atoms with Crippen molar-refractivity contribution in [1.29, 1.82) is 0 Å². The zero-order chi connectivity index (χ0) is 30.6. The second kappa shape index (κ2) is 11.0. The van der Waals surface area contributed by atoms with Gasteiger partial charge in [-0.15, -0.1) is 0 Å². The number of para-hydroxylation sites is 1. The third-order valence-corrected chi connectivity index (χ3v) is 10.1. The number of aliphatic hydroxyl groups excluding tert-OH is 1. The number of carbonyl (C=O) groups is 3. The van der Waals surface area contributed by atoms with Crippen LogP contribution in [0.3, 0.4) is 0 Å². The van der Waals surface area contributed by atoms with Gasteiger partial charge in [-0.05, 0) is 41.0 Å². The van der Waals surface area contributed by atoms with Gasteiger partial charge in [-0.25, -0.2) is 0 Å². The van der Waals surface area contributed by atoms with Gasteiger partial charge in [0.1, 0.15) is 11.6 Å². The number of nitrogens with zero attached hydrogens (tertiary/aromatic N) is 3. The first kappa shape index (κ1) is 28.5. The standard InChI is InChI=1S/C36H37N3O5/c1-3-23(2)28(22-40)39-32-35(43)38(27-17-16-24-11-7-8-12-25(24)21-27)20-10-18-36(32)31(34(39)42)30-29(44-36)15-9-19-37(33(30)41)26-13-5-4-6-14-26/h4-18,21,23,28-32,40H,3,19-20,22H2,1-2H3/t23-,28-,29+,30-,31-,32?,36-/m0/s1. The normalized spacial score (nSPS) is 29.3. The summed E-state index contributed by atoms with van der Waals surface area (Å²) in [6.45, 7) is 4.33. The van der Waals surface area contributed by atoms with Crippen molar-refractivity contribution in [2.24, 2.45) is 17.8 Å². The maximum absolute atomic E-state index is 14.8. The van der Waals surface area contributed by atoms with Crippen LogP contribution in [0.1, 0.15) is 20.3 Å². The average Bonchev–Trinajstić information content (AvgIpc) is 3.36. The molecule has 4 aliphatic heterocycles. The zero-order valence-corrected chi connectivity index (χ0v) is 25.0. The van der Waals surface area contributed by atoms with E-state index < -0.39 is 35.6 Å². The summed E-state index contributed by atoms with van der Waals surface area (Å²) in [5, 5.41) is 12.7.